The zero-order valence-corrected chi connectivity index (χ0v) is 15.6. The predicted molar refractivity (Wildman–Crippen MR) is 97.7 cm³/mol. The van der Waals surface area contributed by atoms with E-state index in [-0.39, 0.29) is 36.7 Å². The van der Waals surface area contributed by atoms with Gasteiger partial charge in [0.1, 0.15) is 6.61 Å². The number of hydrogen-bond donors (Lipinski definition) is 1. The van der Waals surface area contributed by atoms with E-state index in [0.29, 0.717) is 34.6 Å². The monoisotopic (exact) mass is 405 g/mol. The number of halogens is 3. The summed E-state index contributed by atoms with van der Waals surface area (Å²) in [7, 11) is 0. The molecular formula is C16H18Cl3N3O3. The average molecular weight is 407 g/mol. The van der Waals surface area contributed by atoms with E-state index < -0.39 is 0 Å². The number of carbonyl (C=O) groups excluding carboxylic acids is 1. The Morgan fingerprint density at radius 3 is 2.60 bits per heavy atom. The Morgan fingerprint density at radius 2 is 1.96 bits per heavy atom. The van der Waals surface area contributed by atoms with Crippen LogP contribution < -0.4 is 10.5 Å². The van der Waals surface area contributed by atoms with Gasteiger partial charge in [0.05, 0.1) is 10.0 Å². The van der Waals surface area contributed by atoms with Crippen molar-refractivity contribution in [2.24, 2.45) is 5.73 Å². The van der Waals surface area contributed by atoms with Crippen molar-refractivity contribution in [3.8, 4) is 5.75 Å². The number of piperidine rings is 1. The van der Waals surface area contributed by atoms with E-state index in [2.05, 4.69) is 5.16 Å². The highest BCUT2D eigenvalue weighted by Gasteiger charge is 2.24. The van der Waals surface area contributed by atoms with Crippen molar-refractivity contribution in [2.45, 2.75) is 25.5 Å². The number of rotatable bonds is 4. The van der Waals surface area contributed by atoms with Crippen LogP contribution in [0.25, 0.3) is 0 Å². The molecule has 1 aliphatic heterocycles. The number of para-hydroxylation sites is 1. The summed E-state index contributed by atoms with van der Waals surface area (Å²) in [4.78, 5) is 14.1. The third kappa shape index (κ3) is 4.79. The SMILES string of the molecule is Cl.NC1CCN(C(=O)c2cc(COc3c(Cl)cccc3Cl)on2)CC1. The molecule has 3 rings (SSSR count). The number of benzene rings is 1. The molecule has 0 spiro atoms. The fraction of sp³-hybridized carbons (Fsp3) is 0.375. The molecule has 0 unspecified atom stereocenters. The van der Waals surface area contributed by atoms with Crippen molar-refractivity contribution in [1.82, 2.24) is 10.1 Å². The van der Waals surface area contributed by atoms with Crippen LogP contribution in [-0.2, 0) is 6.61 Å². The number of hydrogen-bond acceptors (Lipinski definition) is 5. The van der Waals surface area contributed by atoms with Gasteiger partial charge in [0.25, 0.3) is 5.91 Å². The molecule has 2 heterocycles. The molecule has 6 nitrogen and oxygen atoms in total. The second kappa shape index (κ2) is 8.76. The Morgan fingerprint density at radius 1 is 1.32 bits per heavy atom. The van der Waals surface area contributed by atoms with Gasteiger partial charge < -0.3 is 19.9 Å². The zero-order valence-electron chi connectivity index (χ0n) is 13.3. The van der Waals surface area contributed by atoms with Crippen LogP contribution in [0.2, 0.25) is 10.0 Å². The highest BCUT2D eigenvalue weighted by atomic mass is 35.5. The summed E-state index contributed by atoms with van der Waals surface area (Å²) in [6, 6.07) is 6.82. The first kappa shape index (κ1) is 19.8. The molecule has 1 amide bonds. The van der Waals surface area contributed by atoms with Gasteiger partial charge in [-0.2, -0.15) is 0 Å². The van der Waals surface area contributed by atoms with Crippen LogP contribution in [0, 0.1) is 0 Å². The molecule has 2 aromatic rings. The molecule has 2 N–H and O–H groups in total. The number of carbonyl (C=O) groups is 1. The highest BCUT2D eigenvalue weighted by Crippen LogP contribution is 2.32. The average Bonchev–Trinajstić information content (AvgIpc) is 3.03. The van der Waals surface area contributed by atoms with E-state index in [1.54, 1.807) is 29.2 Å². The van der Waals surface area contributed by atoms with Crippen molar-refractivity contribution in [3.63, 3.8) is 0 Å². The molecule has 1 aromatic carbocycles. The summed E-state index contributed by atoms with van der Waals surface area (Å²) in [5.41, 5.74) is 6.11. The van der Waals surface area contributed by atoms with Crippen LogP contribution in [0.3, 0.4) is 0 Å². The molecule has 0 radical (unpaired) electrons. The first-order valence-corrected chi connectivity index (χ1v) is 8.37. The molecule has 25 heavy (non-hydrogen) atoms. The molecule has 0 atom stereocenters. The Balaban J connectivity index is 0.00000225. The normalized spacial score (nSPS) is 14.9. The van der Waals surface area contributed by atoms with Gasteiger partial charge in [0, 0.05) is 25.2 Å². The number of nitrogens with zero attached hydrogens (tertiary/aromatic N) is 2. The van der Waals surface area contributed by atoms with Crippen molar-refractivity contribution < 1.29 is 14.1 Å². The fourth-order valence-electron chi connectivity index (χ4n) is 2.51. The van der Waals surface area contributed by atoms with Gasteiger partial charge in [-0.15, -0.1) is 12.4 Å². The Kier molecular flexibility index (Phi) is 6.95. The van der Waals surface area contributed by atoms with Gasteiger partial charge in [-0.25, -0.2) is 0 Å². The maximum atomic E-state index is 12.4. The van der Waals surface area contributed by atoms with E-state index in [1.807, 2.05) is 0 Å². The van der Waals surface area contributed by atoms with Gasteiger partial charge in [0.15, 0.2) is 17.2 Å². The van der Waals surface area contributed by atoms with Crippen LogP contribution in [0.15, 0.2) is 28.8 Å². The maximum absolute atomic E-state index is 12.4. The Hall–Kier alpha value is -1.47. The van der Waals surface area contributed by atoms with Crippen LogP contribution in [0.5, 0.6) is 5.75 Å². The van der Waals surface area contributed by atoms with Crippen LogP contribution >= 0.6 is 35.6 Å². The molecule has 1 saturated heterocycles. The van der Waals surface area contributed by atoms with Crippen molar-refractivity contribution in [2.75, 3.05) is 13.1 Å². The Bertz CT molecular complexity index is 710. The molecule has 1 aromatic heterocycles. The first-order valence-electron chi connectivity index (χ1n) is 7.62. The van der Waals surface area contributed by atoms with Crippen molar-refractivity contribution >= 4 is 41.5 Å². The fourth-order valence-corrected chi connectivity index (χ4v) is 3.02. The minimum absolute atomic E-state index is 0. The molecule has 0 bridgehead atoms. The number of likely N-dealkylation sites (tertiary alicyclic amines) is 1. The van der Waals surface area contributed by atoms with Crippen LogP contribution in [0.4, 0.5) is 0 Å². The van der Waals surface area contributed by atoms with Crippen LogP contribution in [-0.4, -0.2) is 35.1 Å². The van der Waals surface area contributed by atoms with Gasteiger partial charge in [-0.05, 0) is 25.0 Å². The number of aromatic nitrogens is 1. The summed E-state index contributed by atoms with van der Waals surface area (Å²) in [5, 5.41) is 4.64. The summed E-state index contributed by atoms with van der Waals surface area (Å²) < 4.78 is 10.7. The van der Waals surface area contributed by atoms with E-state index in [4.69, 9.17) is 38.2 Å². The Labute approximate surface area is 161 Å². The second-order valence-corrected chi connectivity index (χ2v) is 6.46. The summed E-state index contributed by atoms with van der Waals surface area (Å²) in [6.07, 6.45) is 1.59. The maximum Gasteiger partial charge on any atom is 0.276 e. The van der Waals surface area contributed by atoms with Gasteiger partial charge in [0.2, 0.25) is 0 Å². The number of ether oxygens (including phenoxy) is 1. The molecule has 136 valence electrons. The smallest absolute Gasteiger partial charge is 0.276 e. The van der Waals surface area contributed by atoms with E-state index in [9.17, 15) is 4.79 Å². The van der Waals surface area contributed by atoms with Gasteiger partial charge in [-0.3, -0.25) is 4.79 Å². The molecule has 0 saturated carbocycles. The third-order valence-corrected chi connectivity index (χ3v) is 4.48. The molecule has 1 aliphatic rings. The predicted octanol–water partition coefficient (Wildman–Crippen LogP) is 3.55. The molecular weight excluding hydrogens is 389 g/mol. The largest absolute Gasteiger partial charge is 0.482 e. The topological polar surface area (TPSA) is 81.6 Å². The highest BCUT2D eigenvalue weighted by molar-refractivity contribution is 6.37. The minimum atomic E-state index is -0.160. The second-order valence-electron chi connectivity index (χ2n) is 5.65. The van der Waals surface area contributed by atoms with Crippen molar-refractivity contribution in [1.29, 1.82) is 0 Å². The van der Waals surface area contributed by atoms with Crippen molar-refractivity contribution in [3.05, 3.63) is 45.8 Å². The summed E-state index contributed by atoms with van der Waals surface area (Å²) >= 11 is 12.1. The third-order valence-electron chi connectivity index (χ3n) is 3.88. The lowest BCUT2D eigenvalue weighted by Crippen LogP contribution is -2.42. The molecule has 0 aliphatic carbocycles. The van der Waals surface area contributed by atoms with E-state index in [1.165, 1.54) is 0 Å². The zero-order chi connectivity index (χ0) is 17.1. The van der Waals surface area contributed by atoms with Crippen LogP contribution in [0.1, 0.15) is 29.1 Å². The number of nitrogens with two attached hydrogens (primary N) is 1. The summed E-state index contributed by atoms with van der Waals surface area (Å²) in [5.74, 6) is 0.630. The molecule has 9 heteroatoms. The quantitative estimate of drug-likeness (QED) is 0.840. The van der Waals surface area contributed by atoms with E-state index in [0.717, 1.165) is 12.8 Å². The standard InChI is InChI=1S/C16H17Cl2N3O3.ClH/c17-12-2-1-3-13(18)15(12)23-9-11-8-14(20-24-11)16(22)21-6-4-10(19)5-7-21;/h1-3,8,10H,4-7,9,19H2;1H. The minimum Gasteiger partial charge on any atom is -0.482 e. The lowest BCUT2D eigenvalue weighted by atomic mass is 10.1. The number of amides is 1. The molecule has 1 fully saturated rings. The first-order chi connectivity index (χ1) is 11.5. The lowest BCUT2D eigenvalue weighted by molar-refractivity contribution is 0.0704. The lowest BCUT2D eigenvalue weighted by Gasteiger charge is -2.29. The van der Waals surface area contributed by atoms with E-state index >= 15 is 0 Å². The van der Waals surface area contributed by atoms with Gasteiger partial charge in [-0.1, -0.05) is 34.4 Å². The van der Waals surface area contributed by atoms with Gasteiger partial charge >= 0.3 is 0 Å². The summed E-state index contributed by atoms with van der Waals surface area (Å²) in [6.45, 7) is 1.34.